The molecule has 16 heavy (non-hydrogen) atoms. The SMILES string of the molecule is COCC(C1CC1)N1CCOC(C(=O)O)C1. The highest BCUT2D eigenvalue weighted by atomic mass is 16.5. The molecule has 1 aliphatic carbocycles. The lowest BCUT2D eigenvalue weighted by Crippen LogP contribution is -2.52. The van der Waals surface area contributed by atoms with Gasteiger partial charge in [-0.05, 0) is 18.8 Å². The Hall–Kier alpha value is -0.650. The van der Waals surface area contributed by atoms with Gasteiger partial charge >= 0.3 is 5.97 Å². The van der Waals surface area contributed by atoms with Gasteiger partial charge in [-0.1, -0.05) is 0 Å². The Balaban J connectivity index is 1.93. The van der Waals surface area contributed by atoms with E-state index in [1.54, 1.807) is 7.11 Å². The zero-order chi connectivity index (χ0) is 11.5. The summed E-state index contributed by atoms with van der Waals surface area (Å²) in [6, 6.07) is 0.371. The summed E-state index contributed by atoms with van der Waals surface area (Å²) in [6.45, 7) is 2.50. The number of aliphatic carboxylic acids is 1. The second-order valence-electron chi connectivity index (χ2n) is 4.55. The second-order valence-corrected chi connectivity index (χ2v) is 4.55. The van der Waals surface area contributed by atoms with E-state index >= 15 is 0 Å². The molecule has 2 rings (SSSR count). The van der Waals surface area contributed by atoms with Gasteiger partial charge in [-0.2, -0.15) is 0 Å². The molecule has 2 atom stereocenters. The first-order valence-electron chi connectivity index (χ1n) is 5.79. The summed E-state index contributed by atoms with van der Waals surface area (Å²) in [5.41, 5.74) is 0. The van der Waals surface area contributed by atoms with Crippen LogP contribution in [0.2, 0.25) is 0 Å². The van der Waals surface area contributed by atoms with Crippen molar-refractivity contribution in [3.05, 3.63) is 0 Å². The van der Waals surface area contributed by atoms with Gasteiger partial charge in [0.2, 0.25) is 0 Å². The quantitative estimate of drug-likeness (QED) is 0.729. The highest BCUT2D eigenvalue weighted by Gasteiger charge is 2.38. The molecule has 92 valence electrons. The fourth-order valence-corrected chi connectivity index (χ4v) is 2.31. The summed E-state index contributed by atoms with van der Waals surface area (Å²) in [4.78, 5) is 13.1. The summed E-state index contributed by atoms with van der Waals surface area (Å²) >= 11 is 0. The number of carboxylic acids is 1. The molecule has 0 aromatic rings. The second kappa shape index (κ2) is 5.12. The molecule has 0 amide bonds. The number of carbonyl (C=O) groups is 1. The van der Waals surface area contributed by atoms with Gasteiger partial charge in [-0.3, -0.25) is 4.90 Å². The average molecular weight is 229 g/mol. The molecule has 0 aromatic carbocycles. The summed E-state index contributed by atoms with van der Waals surface area (Å²) in [5.74, 6) is -0.177. The lowest BCUT2D eigenvalue weighted by molar-refractivity contribution is -0.158. The van der Waals surface area contributed by atoms with Crippen molar-refractivity contribution in [3.8, 4) is 0 Å². The first-order valence-corrected chi connectivity index (χ1v) is 5.79. The van der Waals surface area contributed by atoms with E-state index in [0.29, 0.717) is 31.7 Å². The van der Waals surface area contributed by atoms with Gasteiger partial charge in [0.15, 0.2) is 6.10 Å². The van der Waals surface area contributed by atoms with Crippen molar-refractivity contribution in [2.45, 2.75) is 25.0 Å². The highest BCUT2D eigenvalue weighted by Crippen LogP contribution is 2.36. The van der Waals surface area contributed by atoms with E-state index < -0.39 is 12.1 Å². The Bertz CT molecular complexity index is 254. The number of hydrogen-bond acceptors (Lipinski definition) is 4. The molecule has 1 heterocycles. The third kappa shape index (κ3) is 2.72. The zero-order valence-corrected chi connectivity index (χ0v) is 9.59. The smallest absolute Gasteiger partial charge is 0.334 e. The minimum Gasteiger partial charge on any atom is -0.479 e. The minimum absolute atomic E-state index is 0.371. The summed E-state index contributed by atoms with van der Waals surface area (Å²) < 4.78 is 10.4. The van der Waals surface area contributed by atoms with E-state index in [9.17, 15) is 4.79 Å². The standard InChI is InChI=1S/C11H19NO4/c1-15-7-9(8-2-3-8)12-4-5-16-10(6-12)11(13)14/h8-10H,2-7H2,1H3,(H,13,14). The van der Waals surface area contributed by atoms with Crippen molar-refractivity contribution < 1.29 is 19.4 Å². The van der Waals surface area contributed by atoms with Crippen LogP contribution in [0.4, 0.5) is 0 Å². The van der Waals surface area contributed by atoms with Crippen LogP contribution < -0.4 is 0 Å². The number of ether oxygens (including phenoxy) is 2. The molecule has 5 nitrogen and oxygen atoms in total. The summed E-state index contributed by atoms with van der Waals surface area (Å²) in [7, 11) is 1.70. The van der Waals surface area contributed by atoms with Crippen LogP contribution in [0.1, 0.15) is 12.8 Å². The molecular weight excluding hydrogens is 210 g/mol. The largest absolute Gasteiger partial charge is 0.479 e. The topological polar surface area (TPSA) is 59.0 Å². The van der Waals surface area contributed by atoms with Crippen LogP contribution in [0.15, 0.2) is 0 Å². The lowest BCUT2D eigenvalue weighted by Gasteiger charge is -2.36. The number of methoxy groups -OCH3 is 1. The Morgan fingerprint density at radius 3 is 2.94 bits per heavy atom. The Morgan fingerprint density at radius 1 is 1.62 bits per heavy atom. The van der Waals surface area contributed by atoms with Crippen LogP contribution in [0, 0.1) is 5.92 Å². The number of rotatable bonds is 5. The van der Waals surface area contributed by atoms with Crippen LogP contribution in [0.5, 0.6) is 0 Å². The molecule has 1 saturated carbocycles. The minimum atomic E-state index is -0.864. The van der Waals surface area contributed by atoms with Gasteiger partial charge in [-0.25, -0.2) is 4.79 Å². The molecule has 2 unspecified atom stereocenters. The molecule has 1 N–H and O–H groups in total. The van der Waals surface area contributed by atoms with Gasteiger partial charge in [-0.15, -0.1) is 0 Å². The first kappa shape index (κ1) is 11.8. The first-order chi connectivity index (χ1) is 7.72. The molecule has 0 bridgehead atoms. The van der Waals surface area contributed by atoms with E-state index in [-0.39, 0.29) is 0 Å². The number of nitrogens with zero attached hydrogens (tertiary/aromatic N) is 1. The van der Waals surface area contributed by atoms with Crippen LogP contribution in [-0.2, 0) is 14.3 Å². The molecule has 1 aliphatic heterocycles. The average Bonchev–Trinajstić information content (AvgIpc) is 3.10. The number of carboxylic acid groups (broad SMARTS) is 1. The van der Waals surface area contributed by atoms with Crippen LogP contribution in [-0.4, -0.2) is 61.5 Å². The van der Waals surface area contributed by atoms with Gasteiger partial charge in [0.25, 0.3) is 0 Å². The summed E-state index contributed by atoms with van der Waals surface area (Å²) in [5, 5.41) is 8.94. The maximum absolute atomic E-state index is 10.9. The van der Waals surface area contributed by atoms with E-state index in [0.717, 1.165) is 6.54 Å². The molecule has 0 spiro atoms. The predicted molar refractivity (Wildman–Crippen MR) is 57.3 cm³/mol. The van der Waals surface area contributed by atoms with E-state index in [1.165, 1.54) is 12.8 Å². The fourth-order valence-electron chi connectivity index (χ4n) is 2.31. The van der Waals surface area contributed by atoms with Crippen molar-refractivity contribution >= 4 is 5.97 Å². The maximum Gasteiger partial charge on any atom is 0.334 e. The van der Waals surface area contributed by atoms with Crippen molar-refractivity contribution in [2.24, 2.45) is 5.92 Å². The molecule has 0 radical (unpaired) electrons. The van der Waals surface area contributed by atoms with E-state index in [2.05, 4.69) is 4.90 Å². The molecule has 0 aromatic heterocycles. The van der Waals surface area contributed by atoms with Crippen molar-refractivity contribution in [1.29, 1.82) is 0 Å². The van der Waals surface area contributed by atoms with Crippen LogP contribution >= 0.6 is 0 Å². The van der Waals surface area contributed by atoms with Gasteiger partial charge in [0.05, 0.1) is 13.2 Å². The van der Waals surface area contributed by atoms with E-state index in [4.69, 9.17) is 14.6 Å². The number of morpholine rings is 1. The summed E-state index contributed by atoms with van der Waals surface area (Å²) in [6.07, 6.45) is 1.80. The third-order valence-electron chi connectivity index (χ3n) is 3.35. The Kier molecular flexibility index (Phi) is 3.78. The molecule has 2 fully saturated rings. The van der Waals surface area contributed by atoms with Crippen molar-refractivity contribution in [1.82, 2.24) is 4.90 Å². The van der Waals surface area contributed by atoms with Crippen LogP contribution in [0.25, 0.3) is 0 Å². The molecule has 1 saturated heterocycles. The van der Waals surface area contributed by atoms with Gasteiger partial charge in [0, 0.05) is 26.2 Å². The monoisotopic (exact) mass is 229 g/mol. The van der Waals surface area contributed by atoms with Gasteiger partial charge in [0.1, 0.15) is 0 Å². The predicted octanol–water partition coefficient (Wildman–Crippen LogP) is 0.197. The highest BCUT2D eigenvalue weighted by molar-refractivity contribution is 5.72. The Morgan fingerprint density at radius 2 is 2.38 bits per heavy atom. The lowest BCUT2D eigenvalue weighted by atomic mass is 10.1. The Labute approximate surface area is 95.3 Å². The number of hydrogen-bond donors (Lipinski definition) is 1. The normalized spacial score (nSPS) is 28.9. The maximum atomic E-state index is 10.9. The fraction of sp³-hybridized carbons (Fsp3) is 0.909. The molecule has 2 aliphatic rings. The van der Waals surface area contributed by atoms with E-state index in [1.807, 2.05) is 0 Å². The van der Waals surface area contributed by atoms with Crippen LogP contribution in [0.3, 0.4) is 0 Å². The molecular formula is C11H19NO4. The van der Waals surface area contributed by atoms with Crippen molar-refractivity contribution in [2.75, 3.05) is 33.4 Å². The third-order valence-corrected chi connectivity index (χ3v) is 3.35. The van der Waals surface area contributed by atoms with Gasteiger partial charge < -0.3 is 14.6 Å². The molecule has 5 heteroatoms. The van der Waals surface area contributed by atoms with Crippen molar-refractivity contribution in [3.63, 3.8) is 0 Å². The zero-order valence-electron chi connectivity index (χ0n) is 9.59.